The van der Waals surface area contributed by atoms with Crippen LogP contribution in [0.5, 0.6) is 0 Å². The number of hydrogen-bond donors (Lipinski definition) is 2. The average molecular weight is 364 g/mol. The van der Waals surface area contributed by atoms with Gasteiger partial charge in [-0.05, 0) is 48.4 Å². The summed E-state index contributed by atoms with van der Waals surface area (Å²) in [6.07, 6.45) is 0. The van der Waals surface area contributed by atoms with Gasteiger partial charge in [0.15, 0.2) is 0 Å². The quantitative estimate of drug-likeness (QED) is 0.856. The first-order valence-corrected chi connectivity index (χ1v) is 8.45. The summed E-state index contributed by atoms with van der Waals surface area (Å²) in [7, 11) is 0. The topological polar surface area (TPSA) is 87.0 Å². The lowest BCUT2D eigenvalue weighted by molar-refractivity contribution is -0.140. The minimum absolute atomic E-state index is 0.0210. The smallest absolute Gasteiger partial charge is 0.334 e. The number of halogens is 1. The van der Waals surface area contributed by atoms with Crippen molar-refractivity contribution in [2.75, 3.05) is 0 Å². The number of rotatable bonds is 3. The van der Waals surface area contributed by atoms with Gasteiger partial charge >= 0.3 is 11.9 Å². The van der Waals surface area contributed by atoms with Crippen molar-refractivity contribution in [1.82, 2.24) is 0 Å². The van der Waals surface area contributed by atoms with Crippen LogP contribution in [0.25, 0.3) is 10.1 Å². The van der Waals surface area contributed by atoms with Gasteiger partial charge in [0.1, 0.15) is 5.92 Å². The number of aliphatic carboxylic acids is 2. The van der Waals surface area contributed by atoms with E-state index in [1.165, 1.54) is 11.3 Å². The maximum absolute atomic E-state index is 11.8. The Bertz CT molecular complexity index is 928. The lowest BCUT2D eigenvalue weighted by atomic mass is 9.75. The number of thiophene rings is 1. The Kier molecular flexibility index (Phi) is 4.19. The Labute approximate surface area is 146 Å². The van der Waals surface area contributed by atoms with E-state index < -0.39 is 23.8 Å². The van der Waals surface area contributed by atoms with Crippen molar-refractivity contribution in [3.05, 3.63) is 45.4 Å². The Balaban J connectivity index is 2.30. The largest absolute Gasteiger partial charge is 0.481 e. The summed E-state index contributed by atoms with van der Waals surface area (Å²) < 4.78 is 0.932. The second-order valence-corrected chi connectivity index (χ2v) is 7.03. The van der Waals surface area contributed by atoms with Gasteiger partial charge in [0.05, 0.1) is 5.57 Å². The maximum atomic E-state index is 11.8. The minimum atomic E-state index is -1.15. The number of allylic oxidation sites excluding steroid dienone is 1. The van der Waals surface area contributed by atoms with Crippen molar-refractivity contribution in [2.45, 2.75) is 19.8 Å². The molecule has 1 aromatic heterocycles. The zero-order valence-corrected chi connectivity index (χ0v) is 14.5. The number of carboxylic acid groups (broad SMARTS) is 2. The highest BCUT2D eigenvalue weighted by molar-refractivity contribution is 7.17. The average Bonchev–Trinajstić information content (AvgIpc) is 2.87. The lowest BCUT2D eigenvalue weighted by Crippen LogP contribution is -2.34. The van der Waals surface area contributed by atoms with Crippen LogP contribution in [-0.4, -0.2) is 27.9 Å². The summed E-state index contributed by atoms with van der Waals surface area (Å²) in [5, 5.41) is 22.4. The fourth-order valence-corrected chi connectivity index (χ4v) is 4.38. The number of fused-ring (bicyclic) bond motifs is 1. The highest BCUT2D eigenvalue weighted by Crippen LogP contribution is 2.44. The molecule has 1 aliphatic heterocycles. The van der Waals surface area contributed by atoms with E-state index in [0.29, 0.717) is 22.0 Å². The lowest BCUT2D eigenvalue weighted by Gasteiger charge is -2.29. The predicted molar refractivity (Wildman–Crippen MR) is 94.1 cm³/mol. The van der Waals surface area contributed by atoms with Gasteiger partial charge in [-0.15, -0.1) is 11.3 Å². The second kappa shape index (κ2) is 6.03. The fourth-order valence-electron chi connectivity index (χ4n) is 3.23. The molecule has 0 aliphatic carbocycles. The van der Waals surface area contributed by atoms with E-state index in [0.717, 1.165) is 10.1 Å². The van der Waals surface area contributed by atoms with E-state index >= 15 is 0 Å². The molecule has 2 heterocycles. The molecule has 2 unspecified atom stereocenters. The van der Waals surface area contributed by atoms with E-state index in [2.05, 4.69) is 4.99 Å². The summed E-state index contributed by atoms with van der Waals surface area (Å²) in [5.41, 5.74) is 1.42. The Morgan fingerprint density at radius 3 is 2.58 bits per heavy atom. The van der Waals surface area contributed by atoms with Crippen molar-refractivity contribution >= 4 is 50.7 Å². The van der Waals surface area contributed by atoms with Gasteiger partial charge in [-0.1, -0.05) is 11.6 Å². The molecule has 2 atom stereocenters. The van der Waals surface area contributed by atoms with Crippen LogP contribution in [0.2, 0.25) is 5.02 Å². The zero-order chi connectivity index (χ0) is 17.6. The molecule has 1 aromatic carbocycles. The second-order valence-electron chi connectivity index (χ2n) is 5.68. The van der Waals surface area contributed by atoms with Crippen molar-refractivity contribution in [3.8, 4) is 0 Å². The van der Waals surface area contributed by atoms with E-state index in [-0.39, 0.29) is 5.57 Å². The standard InChI is InChI=1S/C17H14ClNO4S/c1-7-13(16(20)21)15(14(17(22)23)8(2)19-7)11-6-24-12-4-3-9(18)5-10(11)12/h3-6,13,15H,1-2H3,(H,20,21)(H,22,23). The summed E-state index contributed by atoms with van der Waals surface area (Å²) >= 11 is 7.52. The van der Waals surface area contributed by atoms with E-state index in [1.54, 1.807) is 26.0 Å². The molecule has 0 amide bonds. The van der Waals surface area contributed by atoms with Crippen molar-refractivity contribution < 1.29 is 19.8 Å². The molecule has 0 saturated carbocycles. The third-order valence-electron chi connectivity index (χ3n) is 4.23. The van der Waals surface area contributed by atoms with Gasteiger partial charge in [-0.2, -0.15) is 0 Å². The van der Waals surface area contributed by atoms with Crippen LogP contribution in [-0.2, 0) is 9.59 Å². The van der Waals surface area contributed by atoms with Gasteiger partial charge in [-0.25, -0.2) is 4.79 Å². The molecular weight excluding hydrogens is 350 g/mol. The monoisotopic (exact) mass is 363 g/mol. The van der Waals surface area contributed by atoms with Crippen LogP contribution in [0.1, 0.15) is 25.3 Å². The number of hydrogen-bond acceptors (Lipinski definition) is 4. The van der Waals surface area contributed by atoms with Crippen molar-refractivity contribution in [3.63, 3.8) is 0 Å². The molecule has 124 valence electrons. The van der Waals surface area contributed by atoms with Crippen LogP contribution < -0.4 is 0 Å². The molecule has 5 nitrogen and oxygen atoms in total. The summed E-state index contributed by atoms with van der Waals surface area (Å²) in [5.74, 6) is -4.06. The summed E-state index contributed by atoms with van der Waals surface area (Å²) in [6, 6.07) is 5.35. The van der Waals surface area contributed by atoms with Crippen LogP contribution in [0, 0.1) is 5.92 Å². The third kappa shape index (κ3) is 2.61. The highest BCUT2D eigenvalue weighted by Gasteiger charge is 2.42. The molecule has 1 aliphatic rings. The molecule has 0 spiro atoms. The van der Waals surface area contributed by atoms with Crippen LogP contribution in [0.4, 0.5) is 0 Å². The van der Waals surface area contributed by atoms with Gasteiger partial charge in [0, 0.05) is 27.0 Å². The zero-order valence-electron chi connectivity index (χ0n) is 12.9. The predicted octanol–water partition coefficient (Wildman–Crippen LogP) is 4.17. The Morgan fingerprint density at radius 1 is 1.25 bits per heavy atom. The third-order valence-corrected chi connectivity index (χ3v) is 5.44. The number of carbonyl (C=O) groups is 2. The SMILES string of the molecule is CC1=NC(C)=C(C(=O)O)C(c2csc3ccc(Cl)cc23)C1C(=O)O. The number of nitrogens with zero attached hydrogens (tertiary/aromatic N) is 1. The number of aliphatic imine (C=N–C) groups is 1. The molecule has 7 heteroatoms. The summed E-state index contributed by atoms with van der Waals surface area (Å²) in [6.45, 7) is 3.22. The van der Waals surface area contributed by atoms with Crippen LogP contribution in [0.3, 0.4) is 0 Å². The van der Waals surface area contributed by atoms with E-state index in [1.807, 2.05) is 11.4 Å². The molecule has 0 radical (unpaired) electrons. The molecule has 0 bridgehead atoms. The molecular formula is C17H14ClNO4S. The van der Waals surface area contributed by atoms with Gasteiger partial charge in [-0.3, -0.25) is 9.79 Å². The van der Waals surface area contributed by atoms with Crippen molar-refractivity contribution in [2.24, 2.45) is 10.9 Å². The molecule has 24 heavy (non-hydrogen) atoms. The fraction of sp³-hybridized carbons (Fsp3) is 0.235. The Morgan fingerprint density at radius 2 is 1.96 bits per heavy atom. The van der Waals surface area contributed by atoms with Gasteiger partial charge in [0.25, 0.3) is 0 Å². The number of carboxylic acids is 2. The first-order valence-electron chi connectivity index (χ1n) is 7.20. The molecule has 2 aromatic rings. The first-order chi connectivity index (χ1) is 11.3. The normalized spacial score (nSPS) is 21.0. The minimum Gasteiger partial charge on any atom is -0.481 e. The van der Waals surface area contributed by atoms with Gasteiger partial charge in [0.2, 0.25) is 0 Å². The summed E-state index contributed by atoms with van der Waals surface area (Å²) in [4.78, 5) is 27.8. The van der Waals surface area contributed by atoms with Crippen molar-refractivity contribution in [1.29, 1.82) is 0 Å². The molecule has 0 saturated heterocycles. The van der Waals surface area contributed by atoms with Crippen LogP contribution >= 0.6 is 22.9 Å². The number of benzene rings is 1. The Hall–Kier alpha value is -2.18. The van der Waals surface area contributed by atoms with E-state index in [9.17, 15) is 19.8 Å². The van der Waals surface area contributed by atoms with E-state index in [4.69, 9.17) is 11.6 Å². The molecule has 2 N–H and O–H groups in total. The molecule has 0 fully saturated rings. The van der Waals surface area contributed by atoms with Crippen LogP contribution in [0.15, 0.2) is 39.8 Å². The highest BCUT2D eigenvalue weighted by atomic mass is 35.5. The van der Waals surface area contributed by atoms with Gasteiger partial charge < -0.3 is 10.2 Å². The maximum Gasteiger partial charge on any atom is 0.334 e. The first kappa shape index (κ1) is 16.7. The molecule has 3 rings (SSSR count).